The lowest BCUT2D eigenvalue weighted by molar-refractivity contribution is 0.0529. The van der Waals surface area contributed by atoms with Crippen LogP contribution in [0.2, 0.25) is 0 Å². The van der Waals surface area contributed by atoms with Crippen LogP contribution in [0.15, 0.2) is 23.3 Å². The molecule has 0 aromatic heterocycles. The molecule has 5 nitrogen and oxygen atoms in total. The van der Waals surface area contributed by atoms with E-state index in [-0.39, 0.29) is 11.2 Å². The predicted molar refractivity (Wildman–Crippen MR) is 83.8 cm³/mol. The van der Waals surface area contributed by atoms with Crippen LogP contribution in [0.5, 0.6) is 5.75 Å². The third kappa shape index (κ3) is 5.85. The van der Waals surface area contributed by atoms with E-state index < -0.39 is 11.7 Å². The van der Waals surface area contributed by atoms with Gasteiger partial charge in [-0.1, -0.05) is 26.8 Å². The number of ether oxygens (including phenoxy) is 1. The number of rotatable bonds is 2. The second-order valence-electron chi connectivity index (χ2n) is 6.90. The zero-order valence-electron chi connectivity index (χ0n) is 13.5. The molecule has 0 unspecified atom stereocenters. The van der Waals surface area contributed by atoms with Crippen molar-refractivity contribution in [3.8, 4) is 5.75 Å². The normalized spacial score (nSPS) is 12.5. The highest BCUT2D eigenvalue weighted by atomic mass is 16.6. The van der Waals surface area contributed by atoms with Crippen molar-refractivity contribution >= 4 is 12.3 Å². The lowest BCUT2D eigenvalue weighted by atomic mass is 9.86. The quantitative estimate of drug-likeness (QED) is 0.647. The summed E-state index contributed by atoms with van der Waals surface area (Å²) in [6.07, 6.45) is 0.763. The van der Waals surface area contributed by atoms with Gasteiger partial charge in [0.25, 0.3) is 0 Å². The van der Waals surface area contributed by atoms with E-state index in [1.165, 1.54) is 6.21 Å². The zero-order chi connectivity index (χ0) is 16.3. The fourth-order valence-corrected chi connectivity index (χ4v) is 1.58. The number of aromatic hydroxyl groups is 1. The summed E-state index contributed by atoms with van der Waals surface area (Å²) in [4.78, 5) is 11.5. The Kier molecular flexibility index (Phi) is 4.99. The molecule has 0 saturated carbocycles. The number of hydrogen-bond donors (Lipinski definition) is 2. The maximum atomic E-state index is 11.5. The van der Waals surface area contributed by atoms with Crippen LogP contribution in [0.1, 0.15) is 52.7 Å². The van der Waals surface area contributed by atoms with Gasteiger partial charge in [-0.3, -0.25) is 0 Å². The van der Waals surface area contributed by atoms with E-state index in [0.29, 0.717) is 5.56 Å². The van der Waals surface area contributed by atoms with Crippen molar-refractivity contribution in [2.45, 2.75) is 52.6 Å². The highest BCUT2D eigenvalue weighted by molar-refractivity contribution is 5.84. The first-order valence-electron chi connectivity index (χ1n) is 6.84. The number of amides is 1. The Balaban J connectivity index is 2.79. The summed E-state index contributed by atoms with van der Waals surface area (Å²) < 4.78 is 5.06. The number of hydrazone groups is 1. The molecule has 1 aromatic carbocycles. The van der Waals surface area contributed by atoms with Crippen LogP contribution < -0.4 is 5.43 Å². The van der Waals surface area contributed by atoms with Gasteiger partial charge in [0.15, 0.2) is 0 Å². The van der Waals surface area contributed by atoms with Crippen LogP contribution >= 0.6 is 0 Å². The van der Waals surface area contributed by atoms with E-state index in [2.05, 4.69) is 31.3 Å². The van der Waals surface area contributed by atoms with E-state index in [9.17, 15) is 9.90 Å². The molecule has 0 aliphatic heterocycles. The van der Waals surface area contributed by atoms with Gasteiger partial charge in [-0.25, -0.2) is 10.2 Å². The summed E-state index contributed by atoms with van der Waals surface area (Å²) in [7, 11) is 0. The van der Waals surface area contributed by atoms with Crippen molar-refractivity contribution in [2.24, 2.45) is 5.10 Å². The topological polar surface area (TPSA) is 70.9 Å². The lowest BCUT2D eigenvalue weighted by Crippen LogP contribution is -2.29. The van der Waals surface area contributed by atoms with Gasteiger partial charge in [-0.15, -0.1) is 0 Å². The maximum absolute atomic E-state index is 11.5. The number of phenolic OH excluding ortho intramolecular Hbond substituents is 1. The highest BCUT2D eigenvalue weighted by Gasteiger charge is 2.16. The highest BCUT2D eigenvalue weighted by Crippen LogP contribution is 2.26. The largest absolute Gasteiger partial charge is 0.507 e. The average molecular weight is 292 g/mol. The molecule has 5 heteroatoms. The molecule has 0 heterocycles. The first-order chi connectivity index (χ1) is 9.49. The molecule has 0 radical (unpaired) electrons. The van der Waals surface area contributed by atoms with Crippen molar-refractivity contribution in [3.05, 3.63) is 29.3 Å². The summed E-state index contributed by atoms with van der Waals surface area (Å²) in [5.41, 5.74) is 3.27. The Hall–Kier alpha value is -2.04. The summed E-state index contributed by atoms with van der Waals surface area (Å²) in [6.45, 7) is 11.6. The number of carbonyl (C=O) groups is 1. The molecule has 2 N–H and O–H groups in total. The lowest BCUT2D eigenvalue weighted by Gasteiger charge is -2.19. The van der Waals surface area contributed by atoms with Crippen molar-refractivity contribution in [1.82, 2.24) is 5.43 Å². The molecule has 1 amide bonds. The third-order valence-electron chi connectivity index (χ3n) is 2.65. The van der Waals surface area contributed by atoms with Gasteiger partial charge in [-0.2, -0.15) is 5.10 Å². The summed E-state index contributed by atoms with van der Waals surface area (Å²) in [6, 6.07) is 5.33. The Morgan fingerprint density at radius 1 is 1.24 bits per heavy atom. The van der Waals surface area contributed by atoms with Gasteiger partial charge in [0.1, 0.15) is 11.4 Å². The number of nitrogens with one attached hydrogen (secondary N) is 1. The van der Waals surface area contributed by atoms with E-state index in [4.69, 9.17) is 4.74 Å². The number of benzene rings is 1. The van der Waals surface area contributed by atoms with Crippen LogP contribution in [0, 0.1) is 0 Å². The van der Waals surface area contributed by atoms with Crippen LogP contribution in [-0.2, 0) is 10.2 Å². The minimum atomic E-state index is -0.634. The fraction of sp³-hybridized carbons (Fsp3) is 0.500. The molecule has 0 atom stereocenters. The van der Waals surface area contributed by atoms with Crippen LogP contribution in [0.4, 0.5) is 4.79 Å². The number of phenols is 1. The Bertz CT molecular complexity index is 537. The standard InChI is InChI=1S/C16H24N2O3/c1-15(2,3)12-7-8-13(19)11(9-12)10-17-18-14(20)21-16(4,5)6/h7-10,19H,1-6H3,(H,18,20)/b17-10+. The van der Waals surface area contributed by atoms with Gasteiger partial charge in [0, 0.05) is 5.56 Å². The minimum absolute atomic E-state index is 0.0329. The Labute approximate surface area is 126 Å². The van der Waals surface area contributed by atoms with Gasteiger partial charge in [-0.05, 0) is 43.9 Å². The molecular formula is C16H24N2O3. The first-order valence-corrected chi connectivity index (χ1v) is 6.84. The number of nitrogens with zero attached hydrogens (tertiary/aromatic N) is 1. The fourth-order valence-electron chi connectivity index (χ4n) is 1.58. The van der Waals surface area contributed by atoms with Gasteiger partial charge in [0.05, 0.1) is 6.21 Å². The van der Waals surface area contributed by atoms with E-state index in [0.717, 1.165) is 5.56 Å². The summed E-state index contributed by atoms with van der Waals surface area (Å²) >= 11 is 0. The average Bonchev–Trinajstić information content (AvgIpc) is 2.27. The van der Waals surface area contributed by atoms with Gasteiger partial charge in [0.2, 0.25) is 0 Å². The monoisotopic (exact) mass is 292 g/mol. The van der Waals surface area contributed by atoms with Crippen molar-refractivity contribution < 1.29 is 14.6 Å². The Morgan fingerprint density at radius 3 is 2.38 bits per heavy atom. The summed E-state index contributed by atoms with van der Waals surface area (Å²) in [5.74, 6) is 0.109. The molecule has 1 aromatic rings. The molecule has 1 rings (SSSR count). The maximum Gasteiger partial charge on any atom is 0.428 e. The molecule has 0 bridgehead atoms. The molecule has 0 aliphatic rings. The van der Waals surface area contributed by atoms with E-state index in [1.54, 1.807) is 26.8 Å². The molecule has 0 saturated heterocycles. The minimum Gasteiger partial charge on any atom is -0.507 e. The van der Waals surface area contributed by atoms with Crippen LogP contribution in [-0.4, -0.2) is 23.0 Å². The molecule has 0 aliphatic carbocycles. The van der Waals surface area contributed by atoms with Gasteiger partial charge >= 0.3 is 6.09 Å². The van der Waals surface area contributed by atoms with E-state index >= 15 is 0 Å². The Morgan fingerprint density at radius 2 is 1.86 bits per heavy atom. The SMILES string of the molecule is CC(C)(C)OC(=O)N/N=C/c1cc(C(C)(C)C)ccc1O. The van der Waals surface area contributed by atoms with Crippen molar-refractivity contribution in [3.63, 3.8) is 0 Å². The zero-order valence-corrected chi connectivity index (χ0v) is 13.5. The smallest absolute Gasteiger partial charge is 0.428 e. The number of carbonyl (C=O) groups excluding carboxylic acids is 1. The molecule has 0 fully saturated rings. The van der Waals surface area contributed by atoms with Crippen molar-refractivity contribution in [2.75, 3.05) is 0 Å². The molecule has 21 heavy (non-hydrogen) atoms. The molecular weight excluding hydrogens is 268 g/mol. The predicted octanol–water partition coefficient (Wildman–Crippen LogP) is 3.55. The molecule has 116 valence electrons. The first kappa shape index (κ1) is 17.0. The second kappa shape index (κ2) is 6.16. The van der Waals surface area contributed by atoms with Crippen molar-refractivity contribution in [1.29, 1.82) is 0 Å². The second-order valence-corrected chi connectivity index (χ2v) is 6.90. The van der Waals surface area contributed by atoms with E-state index in [1.807, 2.05) is 12.1 Å². The molecule has 0 spiro atoms. The number of hydrogen-bond acceptors (Lipinski definition) is 4. The summed E-state index contributed by atoms with van der Waals surface area (Å²) in [5, 5.41) is 13.6. The van der Waals surface area contributed by atoms with Crippen LogP contribution in [0.25, 0.3) is 0 Å². The van der Waals surface area contributed by atoms with Gasteiger partial charge < -0.3 is 9.84 Å². The third-order valence-corrected chi connectivity index (χ3v) is 2.65. The van der Waals surface area contributed by atoms with Crippen LogP contribution in [0.3, 0.4) is 0 Å².